The average Bonchev–Trinajstić information content (AvgIpc) is 2.86. The van der Waals surface area contributed by atoms with Gasteiger partial charge in [0.1, 0.15) is 6.61 Å². The molecule has 0 bridgehead atoms. The lowest BCUT2D eigenvalue weighted by atomic mass is 9.92. The molecule has 1 aliphatic heterocycles. The predicted molar refractivity (Wildman–Crippen MR) is 132 cm³/mol. The SMILES string of the molecule is COc1cc(C)c(/C=C/C2NCCc3cc(OCc4ccccc4)c(OC)cc32)cc1OC. The van der Waals surface area contributed by atoms with Crippen molar-refractivity contribution in [2.45, 2.75) is 26.0 Å². The van der Waals surface area contributed by atoms with Crippen LogP contribution < -0.4 is 24.3 Å². The van der Waals surface area contributed by atoms with Crippen LogP contribution in [0.3, 0.4) is 0 Å². The van der Waals surface area contributed by atoms with Gasteiger partial charge in [-0.25, -0.2) is 0 Å². The first-order chi connectivity index (χ1) is 16.1. The molecule has 1 atom stereocenters. The van der Waals surface area contributed by atoms with Crippen LogP contribution in [-0.4, -0.2) is 27.9 Å². The monoisotopic (exact) mass is 445 g/mol. The van der Waals surface area contributed by atoms with Gasteiger partial charge >= 0.3 is 0 Å². The van der Waals surface area contributed by atoms with Crippen LogP contribution in [0.2, 0.25) is 0 Å². The maximum Gasteiger partial charge on any atom is 0.161 e. The summed E-state index contributed by atoms with van der Waals surface area (Å²) in [5.74, 6) is 2.98. The van der Waals surface area contributed by atoms with Crippen molar-refractivity contribution in [1.29, 1.82) is 0 Å². The summed E-state index contributed by atoms with van der Waals surface area (Å²) in [6.45, 7) is 3.48. The molecule has 0 saturated heterocycles. The zero-order valence-corrected chi connectivity index (χ0v) is 19.7. The number of hydrogen-bond donors (Lipinski definition) is 1. The molecule has 5 heteroatoms. The second kappa shape index (κ2) is 10.5. The van der Waals surface area contributed by atoms with E-state index >= 15 is 0 Å². The Morgan fingerprint density at radius 2 is 1.58 bits per heavy atom. The maximum atomic E-state index is 6.12. The molecule has 0 amide bonds. The normalized spacial score (nSPS) is 15.2. The number of benzene rings is 3. The zero-order valence-electron chi connectivity index (χ0n) is 19.7. The van der Waals surface area contributed by atoms with Crippen molar-refractivity contribution in [3.63, 3.8) is 0 Å². The first kappa shape index (κ1) is 22.7. The van der Waals surface area contributed by atoms with E-state index in [1.165, 1.54) is 11.1 Å². The molecule has 4 rings (SSSR count). The van der Waals surface area contributed by atoms with E-state index in [0.717, 1.165) is 52.7 Å². The van der Waals surface area contributed by atoms with Crippen LogP contribution in [0.25, 0.3) is 6.08 Å². The number of rotatable bonds is 8. The van der Waals surface area contributed by atoms with E-state index in [1.54, 1.807) is 21.3 Å². The fourth-order valence-electron chi connectivity index (χ4n) is 4.15. The third-order valence-electron chi connectivity index (χ3n) is 6.00. The molecule has 0 aromatic heterocycles. The van der Waals surface area contributed by atoms with Crippen LogP contribution in [-0.2, 0) is 13.0 Å². The first-order valence-electron chi connectivity index (χ1n) is 11.1. The summed E-state index contributed by atoms with van der Waals surface area (Å²) in [6.07, 6.45) is 5.27. The van der Waals surface area contributed by atoms with Crippen LogP contribution in [0.4, 0.5) is 0 Å². The third-order valence-corrected chi connectivity index (χ3v) is 6.00. The smallest absolute Gasteiger partial charge is 0.161 e. The van der Waals surface area contributed by atoms with Gasteiger partial charge in [0.25, 0.3) is 0 Å². The minimum atomic E-state index is 0.0818. The van der Waals surface area contributed by atoms with Crippen molar-refractivity contribution in [2.75, 3.05) is 27.9 Å². The van der Waals surface area contributed by atoms with Crippen LogP contribution in [0.15, 0.2) is 60.7 Å². The Morgan fingerprint density at radius 1 is 0.879 bits per heavy atom. The molecule has 0 fully saturated rings. The van der Waals surface area contributed by atoms with E-state index < -0.39 is 0 Å². The number of hydrogen-bond acceptors (Lipinski definition) is 5. The lowest BCUT2D eigenvalue weighted by Gasteiger charge is -2.26. The topological polar surface area (TPSA) is 49.0 Å². The van der Waals surface area contributed by atoms with Crippen molar-refractivity contribution in [3.8, 4) is 23.0 Å². The summed E-state index contributed by atoms with van der Waals surface area (Å²) in [4.78, 5) is 0. The Balaban J connectivity index is 1.58. The van der Waals surface area contributed by atoms with E-state index in [2.05, 4.69) is 48.7 Å². The molecule has 1 unspecified atom stereocenters. The van der Waals surface area contributed by atoms with Gasteiger partial charge < -0.3 is 24.3 Å². The van der Waals surface area contributed by atoms with Gasteiger partial charge in [0.15, 0.2) is 23.0 Å². The molecule has 33 heavy (non-hydrogen) atoms. The van der Waals surface area contributed by atoms with Gasteiger partial charge in [-0.2, -0.15) is 0 Å². The average molecular weight is 446 g/mol. The highest BCUT2D eigenvalue weighted by Gasteiger charge is 2.21. The molecule has 5 nitrogen and oxygen atoms in total. The first-order valence-corrected chi connectivity index (χ1v) is 11.1. The number of aryl methyl sites for hydroxylation is 1. The molecule has 1 heterocycles. The molecule has 3 aromatic carbocycles. The van der Waals surface area contributed by atoms with Crippen LogP contribution >= 0.6 is 0 Å². The van der Waals surface area contributed by atoms with Gasteiger partial charge in [-0.1, -0.05) is 42.5 Å². The molecule has 1 N–H and O–H groups in total. The highest BCUT2D eigenvalue weighted by Crippen LogP contribution is 2.37. The van der Waals surface area contributed by atoms with Crippen molar-refractivity contribution < 1.29 is 18.9 Å². The summed E-state index contributed by atoms with van der Waals surface area (Å²) in [6, 6.07) is 18.5. The molecule has 3 aromatic rings. The van der Waals surface area contributed by atoms with Crippen molar-refractivity contribution in [2.24, 2.45) is 0 Å². The Bertz CT molecular complexity index is 1120. The maximum absolute atomic E-state index is 6.12. The number of methoxy groups -OCH3 is 3. The molecule has 0 saturated carbocycles. The number of fused-ring (bicyclic) bond motifs is 1. The third kappa shape index (κ3) is 5.15. The molecule has 0 aliphatic carbocycles. The highest BCUT2D eigenvalue weighted by molar-refractivity contribution is 5.61. The number of ether oxygens (including phenoxy) is 4. The lowest BCUT2D eigenvalue weighted by molar-refractivity contribution is 0.283. The molecular weight excluding hydrogens is 414 g/mol. The fourth-order valence-corrected chi connectivity index (χ4v) is 4.15. The fraction of sp³-hybridized carbons (Fsp3) is 0.286. The van der Waals surface area contributed by atoms with Gasteiger partial charge in [-0.3, -0.25) is 0 Å². The minimum absolute atomic E-state index is 0.0818. The Morgan fingerprint density at radius 3 is 2.30 bits per heavy atom. The van der Waals surface area contributed by atoms with Gasteiger partial charge in [-0.05, 0) is 65.4 Å². The van der Waals surface area contributed by atoms with Gasteiger partial charge in [0.05, 0.1) is 27.4 Å². The van der Waals surface area contributed by atoms with E-state index in [9.17, 15) is 0 Å². The highest BCUT2D eigenvalue weighted by atomic mass is 16.5. The second-order valence-corrected chi connectivity index (χ2v) is 8.08. The van der Waals surface area contributed by atoms with Gasteiger partial charge in [0.2, 0.25) is 0 Å². The lowest BCUT2D eigenvalue weighted by Crippen LogP contribution is -2.28. The van der Waals surface area contributed by atoms with Gasteiger partial charge in [0, 0.05) is 6.54 Å². The van der Waals surface area contributed by atoms with Crippen molar-refractivity contribution in [1.82, 2.24) is 5.32 Å². The predicted octanol–water partition coefficient (Wildman–Crippen LogP) is 5.50. The van der Waals surface area contributed by atoms with E-state index in [0.29, 0.717) is 6.61 Å². The molecule has 0 spiro atoms. The zero-order chi connectivity index (χ0) is 23.2. The minimum Gasteiger partial charge on any atom is -0.493 e. The second-order valence-electron chi connectivity index (χ2n) is 8.08. The summed E-state index contributed by atoms with van der Waals surface area (Å²) >= 11 is 0. The van der Waals surface area contributed by atoms with Crippen LogP contribution in [0.5, 0.6) is 23.0 Å². The summed E-state index contributed by atoms with van der Waals surface area (Å²) in [7, 11) is 5.00. The standard InChI is InChI=1S/C28H31NO4/c1-19-14-25(30-2)26(31-3)15-21(19)10-11-24-23-17-27(32-4)28(16-22(23)12-13-29-24)33-18-20-8-6-5-7-9-20/h5-11,14-17,24,29H,12-13,18H2,1-4H3/b11-10+. The van der Waals surface area contributed by atoms with Crippen molar-refractivity contribution >= 4 is 6.08 Å². The molecule has 172 valence electrons. The van der Waals surface area contributed by atoms with Crippen LogP contribution in [0.1, 0.15) is 33.9 Å². The van der Waals surface area contributed by atoms with E-state index in [-0.39, 0.29) is 6.04 Å². The number of nitrogens with one attached hydrogen (secondary N) is 1. The van der Waals surface area contributed by atoms with Crippen molar-refractivity contribution in [3.05, 3.63) is 88.5 Å². The molecule has 0 radical (unpaired) electrons. The summed E-state index contributed by atoms with van der Waals surface area (Å²) < 4.78 is 22.7. The largest absolute Gasteiger partial charge is 0.493 e. The Hall–Kier alpha value is -3.44. The Labute approximate surface area is 196 Å². The summed E-state index contributed by atoms with van der Waals surface area (Å²) in [5.41, 5.74) is 5.83. The van der Waals surface area contributed by atoms with E-state index in [1.807, 2.05) is 30.3 Å². The summed E-state index contributed by atoms with van der Waals surface area (Å²) in [5, 5.41) is 3.61. The Kier molecular flexibility index (Phi) is 7.20. The molecular formula is C28H31NO4. The van der Waals surface area contributed by atoms with E-state index in [4.69, 9.17) is 18.9 Å². The van der Waals surface area contributed by atoms with Crippen LogP contribution in [0, 0.1) is 6.92 Å². The molecule has 1 aliphatic rings. The quantitative estimate of drug-likeness (QED) is 0.496. The van der Waals surface area contributed by atoms with Gasteiger partial charge in [-0.15, -0.1) is 0 Å².